The number of hydrogen-bond acceptors (Lipinski definition) is 3. The van der Waals surface area contributed by atoms with Gasteiger partial charge in [-0.05, 0) is 58.5 Å². The van der Waals surface area contributed by atoms with Gasteiger partial charge >= 0.3 is 0 Å². The number of rotatable bonds is 2. The normalized spacial score (nSPS) is 16.2. The molecule has 0 radical (unpaired) electrons. The van der Waals surface area contributed by atoms with E-state index in [0.29, 0.717) is 16.0 Å². The number of benzene rings is 1. The van der Waals surface area contributed by atoms with E-state index >= 15 is 0 Å². The Morgan fingerprint density at radius 3 is 2.36 bits per heavy atom. The first kappa shape index (κ1) is 14.5. The summed E-state index contributed by atoms with van der Waals surface area (Å²) in [6, 6.07) is 10.3. The number of pyridine rings is 1. The predicted molar refractivity (Wildman–Crippen MR) is 88.2 cm³/mol. The highest BCUT2D eigenvalue weighted by atomic mass is 127. The summed E-state index contributed by atoms with van der Waals surface area (Å²) >= 11 is 2.16. The van der Waals surface area contributed by atoms with Crippen molar-refractivity contribution in [2.45, 2.75) is 0 Å². The molecule has 2 heterocycles. The minimum atomic E-state index is -0.470. The summed E-state index contributed by atoms with van der Waals surface area (Å²) < 4.78 is 1.67. The average Bonchev–Trinajstić information content (AvgIpc) is 2.78. The fourth-order valence-electron chi connectivity index (χ4n) is 2.02. The number of hydrazine groups is 1. The van der Waals surface area contributed by atoms with Crippen molar-refractivity contribution < 1.29 is 14.3 Å². The number of halogens is 1. The summed E-state index contributed by atoms with van der Waals surface area (Å²) in [4.78, 5) is 24.4. The van der Waals surface area contributed by atoms with Gasteiger partial charge in [0.05, 0.1) is 5.69 Å². The minimum Gasteiger partial charge on any atom is -0.619 e. The molecule has 0 aliphatic carbocycles. The van der Waals surface area contributed by atoms with E-state index < -0.39 is 11.8 Å². The molecule has 1 aliphatic rings. The smallest absolute Gasteiger partial charge is 0.282 e. The van der Waals surface area contributed by atoms with E-state index in [2.05, 4.69) is 28.0 Å². The monoisotopic (exact) mass is 407 g/mol. The SMILES string of the molecule is O=C1NN(c2ccc(I)cc2)C(=O)/C1=C/c1cc[n+]([O-])cc1. The minimum absolute atomic E-state index is 0.0298. The number of nitrogens with one attached hydrogen (secondary N) is 1. The maximum atomic E-state index is 12.4. The highest BCUT2D eigenvalue weighted by Gasteiger charge is 2.34. The molecule has 110 valence electrons. The lowest BCUT2D eigenvalue weighted by atomic mass is 10.1. The Labute approximate surface area is 139 Å². The van der Waals surface area contributed by atoms with Crippen molar-refractivity contribution >= 4 is 46.2 Å². The quantitative estimate of drug-likeness (QED) is 0.269. The van der Waals surface area contributed by atoms with Crippen LogP contribution in [0.3, 0.4) is 0 Å². The summed E-state index contributed by atoms with van der Waals surface area (Å²) in [5, 5.41) is 12.2. The van der Waals surface area contributed by atoms with E-state index in [0.717, 1.165) is 3.57 Å². The molecule has 0 saturated carbocycles. The topological polar surface area (TPSA) is 76.4 Å². The molecule has 6 nitrogen and oxygen atoms in total. The lowest BCUT2D eigenvalue weighted by Gasteiger charge is -2.14. The molecule has 1 aliphatic heterocycles. The van der Waals surface area contributed by atoms with E-state index in [9.17, 15) is 14.8 Å². The second-order valence-corrected chi connectivity index (χ2v) is 5.85. The molecule has 1 saturated heterocycles. The third-order valence-corrected chi connectivity index (χ3v) is 3.83. The molecule has 1 aromatic carbocycles. The predicted octanol–water partition coefficient (Wildman–Crippen LogP) is 1.39. The zero-order chi connectivity index (χ0) is 15.7. The average molecular weight is 407 g/mol. The van der Waals surface area contributed by atoms with Gasteiger partial charge in [0.1, 0.15) is 5.57 Å². The molecule has 22 heavy (non-hydrogen) atoms. The van der Waals surface area contributed by atoms with Gasteiger partial charge in [-0.15, -0.1) is 0 Å². The number of aromatic nitrogens is 1. The van der Waals surface area contributed by atoms with Crippen LogP contribution in [-0.4, -0.2) is 11.8 Å². The molecule has 2 aromatic rings. The summed E-state index contributed by atoms with van der Waals surface area (Å²) in [6.45, 7) is 0. The largest absolute Gasteiger partial charge is 0.619 e. The third-order valence-electron chi connectivity index (χ3n) is 3.12. The number of carbonyl (C=O) groups is 2. The first-order valence-corrected chi connectivity index (χ1v) is 7.44. The first-order chi connectivity index (χ1) is 10.5. The Hall–Kier alpha value is -2.42. The van der Waals surface area contributed by atoms with Crippen molar-refractivity contribution in [1.82, 2.24) is 5.43 Å². The van der Waals surface area contributed by atoms with Crippen molar-refractivity contribution in [3.05, 3.63) is 68.7 Å². The molecule has 0 bridgehead atoms. The Morgan fingerprint density at radius 2 is 1.73 bits per heavy atom. The summed E-state index contributed by atoms with van der Waals surface area (Å²) in [5.74, 6) is -0.896. The number of hydrogen-bond donors (Lipinski definition) is 1. The van der Waals surface area contributed by atoms with Crippen LogP contribution in [0.15, 0.2) is 54.4 Å². The number of nitrogens with zero attached hydrogens (tertiary/aromatic N) is 2. The molecule has 7 heteroatoms. The maximum absolute atomic E-state index is 12.4. The van der Waals surface area contributed by atoms with Crippen LogP contribution in [0, 0.1) is 8.78 Å². The van der Waals surface area contributed by atoms with Crippen LogP contribution >= 0.6 is 22.6 Å². The number of anilines is 1. The zero-order valence-electron chi connectivity index (χ0n) is 11.2. The van der Waals surface area contributed by atoms with Gasteiger partial charge in [-0.1, -0.05) is 0 Å². The fraction of sp³-hybridized carbons (Fsp3) is 0. The van der Waals surface area contributed by atoms with Crippen molar-refractivity contribution in [2.75, 3.05) is 5.01 Å². The van der Waals surface area contributed by atoms with Gasteiger partial charge in [0.2, 0.25) is 0 Å². The van der Waals surface area contributed by atoms with Crippen molar-refractivity contribution in [2.24, 2.45) is 0 Å². The summed E-state index contributed by atoms with van der Waals surface area (Å²) in [6.07, 6.45) is 4.08. The molecule has 0 spiro atoms. The molecule has 0 atom stereocenters. The van der Waals surface area contributed by atoms with Gasteiger partial charge in [-0.2, -0.15) is 4.73 Å². The molecule has 1 fully saturated rings. The van der Waals surface area contributed by atoms with E-state index in [-0.39, 0.29) is 5.57 Å². The van der Waals surface area contributed by atoms with E-state index in [1.807, 2.05) is 12.1 Å². The fourth-order valence-corrected chi connectivity index (χ4v) is 2.38. The van der Waals surface area contributed by atoms with Gasteiger partial charge in [0, 0.05) is 15.7 Å². The Morgan fingerprint density at radius 1 is 1.09 bits per heavy atom. The van der Waals surface area contributed by atoms with E-state index in [4.69, 9.17) is 0 Å². The van der Waals surface area contributed by atoms with Crippen molar-refractivity contribution in [1.29, 1.82) is 0 Å². The lowest BCUT2D eigenvalue weighted by Crippen LogP contribution is -2.35. The van der Waals surface area contributed by atoms with Crippen LogP contribution in [0.2, 0.25) is 0 Å². The maximum Gasteiger partial charge on any atom is 0.282 e. The van der Waals surface area contributed by atoms with E-state index in [1.165, 1.54) is 35.6 Å². The van der Waals surface area contributed by atoms with Gasteiger partial charge in [-0.25, -0.2) is 5.01 Å². The van der Waals surface area contributed by atoms with Gasteiger partial charge in [0.15, 0.2) is 12.4 Å². The van der Waals surface area contributed by atoms with Gasteiger partial charge < -0.3 is 5.21 Å². The molecular formula is C15H10IN3O3. The molecule has 2 amide bonds. The Balaban J connectivity index is 1.91. The van der Waals surface area contributed by atoms with Crippen LogP contribution in [-0.2, 0) is 9.59 Å². The number of carbonyl (C=O) groups excluding carboxylic acids is 2. The summed E-state index contributed by atoms with van der Waals surface area (Å²) in [7, 11) is 0. The van der Waals surface area contributed by atoms with E-state index in [1.54, 1.807) is 12.1 Å². The van der Waals surface area contributed by atoms with Crippen molar-refractivity contribution in [3.8, 4) is 0 Å². The lowest BCUT2D eigenvalue weighted by molar-refractivity contribution is -0.605. The second kappa shape index (κ2) is 5.76. The van der Waals surface area contributed by atoms with Crippen LogP contribution in [0.5, 0.6) is 0 Å². The summed E-state index contributed by atoms with van der Waals surface area (Å²) in [5.41, 5.74) is 3.76. The van der Waals surface area contributed by atoms with Crippen LogP contribution < -0.4 is 15.2 Å². The molecule has 3 rings (SSSR count). The van der Waals surface area contributed by atoms with Crippen molar-refractivity contribution in [3.63, 3.8) is 0 Å². The molecule has 0 unspecified atom stereocenters. The zero-order valence-corrected chi connectivity index (χ0v) is 13.4. The molecular weight excluding hydrogens is 397 g/mol. The van der Waals surface area contributed by atoms with Gasteiger partial charge in [0.25, 0.3) is 11.8 Å². The standard InChI is InChI=1S/C15H10IN3O3/c16-11-1-3-12(4-2-11)19-15(21)13(14(20)17-19)9-10-5-7-18(22)8-6-10/h1-9H,(H,17,20)/b13-9+. The van der Waals surface area contributed by atoms with Gasteiger partial charge in [-0.3, -0.25) is 15.0 Å². The first-order valence-electron chi connectivity index (χ1n) is 6.36. The third kappa shape index (κ3) is 2.80. The molecule has 1 aromatic heterocycles. The highest BCUT2D eigenvalue weighted by molar-refractivity contribution is 14.1. The van der Waals surface area contributed by atoms with Crippen LogP contribution in [0.1, 0.15) is 5.56 Å². The second-order valence-electron chi connectivity index (χ2n) is 4.61. The van der Waals surface area contributed by atoms with Crippen LogP contribution in [0.25, 0.3) is 6.08 Å². The highest BCUT2D eigenvalue weighted by Crippen LogP contribution is 2.22. The molecule has 1 N–H and O–H groups in total. The Bertz CT molecular complexity index is 770. The number of amides is 2. The van der Waals surface area contributed by atoms with Crippen LogP contribution in [0.4, 0.5) is 5.69 Å². The Kier molecular flexibility index (Phi) is 3.80.